The van der Waals surface area contributed by atoms with Crippen molar-refractivity contribution >= 4 is 5.97 Å². The average molecular weight is 189 g/mol. The third-order valence-corrected chi connectivity index (χ3v) is 1.48. The molecule has 4 nitrogen and oxygen atoms in total. The van der Waals surface area contributed by atoms with E-state index < -0.39 is 0 Å². The van der Waals surface area contributed by atoms with E-state index in [2.05, 4.69) is 6.92 Å². The molecule has 0 saturated carbocycles. The Balaban J connectivity index is 3.02. The molecular formula is C9H19NO3. The Morgan fingerprint density at radius 2 is 2.08 bits per heavy atom. The molecule has 0 radical (unpaired) electrons. The number of carbonyl (C=O) groups is 1. The molecule has 13 heavy (non-hydrogen) atoms. The zero-order chi connectivity index (χ0) is 9.94. The van der Waals surface area contributed by atoms with Gasteiger partial charge in [-0.2, -0.15) is 0 Å². The second kappa shape index (κ2) is 9.48. The van der Waals surface area contributed by atoms with E-state index >= 15 is 0 Å². The molecule has 0 aromatic heterocycles. The van der Waals surface area contributed by atoms with Crippen LogP contribution in [0, 0.1) is 0 Å². The molecule has 0 amide bonds. The van der Waals surface area contributed by atoms with E-state index in [-0.39, 0.29) is 12.4 Å². The van der Waals surface area contributed by atoms with Crippen molar-refractivity contribution in [3.8, 4) is 0 Å². The quantitative estimate of drug-likeness (QED) is 0.451. The van der Waals surface area contributed by atoms with E-state index in [1.165, 1.54) is 0 Å². The van der Waals surface area contributed by atoms with Crippen molar-refractivity contribution in [2.75, 3.05) is 26.4 Å². The molecule has 0 aromatic rings. The van der Waals surface area contributed by atoms with Gasteiger partial charge in [-0.1, -0.05) is 13.3 Å². The van der Waals surface area contributed by atoms with Crippen LogP contribution in [0.15, 0.2) is 0 Å². The first-order valence-electron chi connectivity index (χ1n) is 4.74. The fraction of sp³-hybridized carbons (Fsp3) is 0.889. The molecular weight excluding hydrogens is 170 g/mol. The first-order valence-corrected chi connectivity index (χ1v) is 4.74. The Morgan fingerprint density at radius 3 is 2.69 bits per heavy atom. The van der Waals surface area contributed by atoms with Gasteiger partial charge in [0.05, 0.1) is 13.0 Å². The minimum absolute atomic E-state index is 0.249. The summed E-state index contributed by atoms with van der Waals surface area (Å²) in [5.41, 5.74) is 5.17. The lowest BCUT2D eigenvalue weighted by molar-refractivity contribution is -0.144. The van der Waals surface area contributed by atoms with Gasteiger partial charge in [0.2, 0.25) is 0 Å². The van der Waals surface area contributed by atoms with Gasteiger partial charge in [-0.25, -0.2) is 0 Å². The second-order valence-electron chi connectivity index (χ2n) is 2.73. The molecule has 0 aliphatic heterocycles. The van der Waals surface area contributed by atoms with E-state index in [0.29, 0.717) is 19.8 Å². The number of unbranched alkanes of at least 4 members (excludes halogenated alkanes) is 1. The van der Waals surface area contributed by atoms with Gasteiger partial charge in [0.15, 0.2) is 0 Å². The van der Waals surface area contributed by atoms with Crippen molar-refractivity contribution in [2.45, 2.75) is 26.2 Å². The maximum Gasteiger partial charge on any atom is 0.307 e. The second-order valence-corrected chi connectivity index (χ2v) is 2.73. The van der Waals surface area contributed by atoms with Crippen LogP contribution in [0.25, 0.3) is 0 Å². The lowest BCUT2D eigenvalue weighted by Gasteiger charge is -2.04. The normalized spacial score (nSPS) is 10.0. The molecule has 0 aliphatic rings. The van der Waals surface area contributed by atoms with Crippen molar-refractivity contribution in [3.63, 3.8) is 0 Å². The van der Waals surface area contributed by atoms with Gasteiger partial charge < -0.3 is 15.2 Å². The van der Waals surface area contributed by atoms with Crippen molar-refractivity contribution < 1.29 is 14.3 Å². The molecule has 0 aliphatic carbocycles. The smallest absolute Gasteiger partial charge is 0.307 e. The highest BCUT2D eigenvalue weighted by atomic mass is 16.6. The summed E-state index contributed by atoms with van der Waals surface area (Å²) < 4.78 is 10.0. The lowest BCUT2D eigenvalue weighted by atomic mass is 10.4. The van der Waals surface area contributed by atoms with Gasteiger partial charge in [-0.3, -0.25) is 4.79 Å². The summed E-state index contributed by atoms with van der Waals surface area (Å²) in [5, 5.41) is 0. The molecule has 78 valence electrons. The van der Waals surface area contributed by atoms with Gasteiger partial charge in [0.1, 0.15) is 6.61 Å². The zero-order valence-corrected chi connectivity index (χ0v) is 8.25. The topological polar surface area (TPSA) is 61.5 Å². The van der Waals surface area contributed by atoms with Gasteiger partial charge in [-0.05, 0) is 6.42 Å². The average Bonchev–Trinajstić information content (AvgIpc) is 2.11. The van der Waals surface area contributed by atoms with Gasteiger partial charge in [0.25, 0.3) is 0 Å². The summed E-state index contributed by atoms with van der Waals surface area (Å²) in [6.07, 6.45) is 2.46. The zero-order valence-electron chi connectivity index (χ0n) is 8.25. The Kier molecular flexibility index (Phi) is 9.03. The van der Waals surface area contributed by atoms with Crippen LogP contribution in [-0.2, 0) is 14.3 Å². The largest absolute Gasteiger partial charge is 0.463 e. The Labute approximate surface area is 79.4 Å². The van der Waals surface area contributed by atoms with Crippen LogP contribution in [0.3, 0.4) is 0 Å². The molecule has 4 heteroatoms. The Morgan fingerprint density at radius 1 is 1.31 bits per heavy atom. The predicted molar refractivity (Wildman–Crippen MR) is 50.4 cm³/mol. The van der Waals surface area contributed by atoms with Crippen LogP contribution in [0.2, 0.25) is 0 Å². The van der Waals surface area contributed by atoms with Gasteiger partial charge in [-0.15, -0.1) is 0 Å². The molecule has 0 saturated heterocycles. The fourth-order valence-corrected chi connectivity index (χ4v) is 0.753. The first-order chi connectivity index (χ1) is 6.31. The Bertz CT molecular complexity index is 128. The van der Waals surface area contributed by atoms with Crippen molar-refractivity contribution in [3.05, 3.63) is 0 Å². The highest BCUT2D eigenvalue weighted by Crippen LogP contribution is 1.89. The van der Waals surface area contributed by atoms with Crippen molar-refractivity contribution in [1.29, 1.82) is 0 Å². The monoisotopic (exact) mass is 189 g/mol. The molecule has 0 heterocycles. The number of hydrogen-bond acceptors (Lipinski definition) is 4. The third-order valence-electron chi connectivity index (χ3n) is 1.48. The number of carbonyl (C=O) groups excluding carboxylic acids is 1. The number of rotatable bonds is 8. The van der Waals surface area contributed by atoms with Gasteiger partial charge >= 0.3 is 5.97 Å². The molecule has 0 aromatic carbocycles. The van der Waals surface area contributed by atoms with E-state index in [1.54, 1.807) is 0 Å². The third kappa shape index (κ3) is 9.30. The summed E-state index contributed by atoms with van der Waals surface area (Å²) in [6, 6.07) is 0. The number of esters is 1. The van der Waals surface area contributed by atoms with Crippen molar-refractivity contribution in [2.24, 2.45) is 5.73 Å². The molecule has 0 atom stereocenters. The standard InChI is InChI=1S/C9H19NO3/c1-2-3-6-12-7-8-13-9(11)4-5-10/h2-8,10H2,1H3. The maximum atomic E-state index is 10.8. The summed E-state index contributed by atoms with van der Waals surface area (Å²) in [4.78, 5) is 10.8. The van der Waals surface area contributed by atoms with Crippen LogP contribution in [0.4, 0.5) is 0 Å². The molecule has 0 unspecified atom stereocenters. The molecule has 0 bridgehead atoms. The molecule has 0 spiro atoms. The van der Waals surface area contributed by atoms with Crippen LogP contribution in [0.1, 0.15) is 26.2 Å². The predicted octanol–water partition coefficient (Wildman–Crippen LogP) is 0.695. The van der Waals surface area contributed by atoms with E-state index in [4.69, 9.17) is 15.2 Å². The number of hydrogen-bond donors (Lipinski definition) is 1. The SMILES string of the molecule is CCCCOCCOC(=O)CCN. The fourth-order valence-electron chi connectivity index (χ4n) is 0.753. The number of ether oxygens (including phenoxy) is 2. The molecule has 0 rings (SSSR count). The van der Waals surface area contributed by atoms with E-state index in [0.717, 1.165) is 19.4 Å². The molecule has 2 N–H and O–H groups in total. The van der Waals surface area contributed by atoms with Crippen LogP contribution in [0.5, 0.6) is 0 Å². The summed E-state index contributed by atoms with van der Waals surface area (Å²) in [6.45, 7) is 4.00. The Hall–Kier alpha value is -0.610. The van der Waals surface area contributed by atoms with E-state index in [9.17, 15) is 4.79 Å². The first kappa shape index (κ1) is 12.4. The minimum atomic E-state index is -0.249. The molecule has 0 fully saturated rings. The summed E-state index contributed by atoms with van der Waals surface area (Å²) in [5.74, 6) is -0.249. The van der Waals surface area contributed by atoms with Crippen LogP contribution < -0.4 is 5.73 Å². The summed E-state index contributed by atoms with van der Waals surface area (Å²) >= 11 is 0. The highest BCUT2D eigenvalue weighted by Gasteiger charge is 1.99. The lowest BCUT2D eigenvalue weighted by Crippen LogP contribution is -2.14. The van der Waals surface area contributed by atoms with E-state index in [1.807, 2.05) is 0 Å². The van der Waals surface area contributed by atoms with Gasteiger partial charge in [0, 0.05) is 13.2 Å². The maximum absolute atomic E-state index is 10.8. The number of nitrogens with two attached hydrogens (primary N) is 1. The van der Waals surface area contributed by atoms with Crippen LogP contribution >= 0.6 is 0 Å². The van der Waals surface area contributed by atoms with Crippen LogP contribution in [-0.4, -0.2) is 32.3 Å². The van der Waals surface area contributed by atoms with Crippen molar-refractivity contribution in [1.82, 2.24) is 0 Å². The summed E-state index contributed by atoms with van der Waals surface area (Å²) in [7, 11) is 0. The highest BCUT2D eigenvalue weighted by molar-refractivity contribution is 5.69. The minimum Gasteiger partial charge on any atom is -0.463 e.